The molecule has 0 unspecified atom stereocenters. The molecule has 0 aliphatic rings. The summed E-state index contributed by atoms with van der Waals surface area (Å²) in [5.41, 5.74) is 12.7. The number of hydrogen-bond donors (Lipinski definition) is 4. The second kappa shape index (κ2) is 12.2. The highest BCUT2D eigenvalue weighted by molar-refractivity contribution is 5.92. The van der Waals surface area contributed by atoms with Crippen molar-refractivity contribution in [2.75, 3.05) is 30.0 Å². The maximum atomic E-state index is 12.1. The Kier molecular flexibility index (Phi) is 9.34. The van der Waals surface area contributed by atoms with Crippen LogP contribution in [0.3, 0.4) is 0 Å². The zero-order valence-electron chi connectivity index (χ0n) is 17.6. The SMILES string of the molecule is CCc1nc(N)nc(N)c1OCCCOc1ccccc1NC(=O)CCCCC(=O)O. The number of aliphatic carboxylic acids is 1. The molecule has 2 aromatic rings. The van der Waals surface area contributed by atoms with Gasteiger partial charge in [-0.05, 0) is 31.4 Å². The van der Waals surface area contributed by atoms with Crippen LogP contribution in [0.2, 0.25) is 0 Å². The molecule has 0 aliphatic heterocycles. The minimum Gasteiger partial charge on any atom is -0.491 e. The molecular formula is C21H29N5O5. The number of carbonyl (C=O) groups is 2. The molecule has 1 aromatic carbocycles. The number of carboxylic acids is 1. The van der Waals surface area contributed by atoms with Gasteiger partial charge in [-0.1, -0.05) is 19.1 Å². The van der Waals surface area contributed by atoms with E-state index in [1.165, 1.54) is 0 Å². The number of aromatic nitrogens is 2. The van der Waals surface area contributed by atoms with Crippen molar-refractivity contribution in [2.24, 2.45) is 0 Å². The second-order valence-electron chi connectivity index (χ2n) is 6.79. The number of nitrogens with one attached hydrogen (secondary N) is 1. The van der Waals surface area contributed by atoms with Crippen LogP contribution in [0.25, 0.3) is 0 Å². The molecule has 10 nitrogen and oxygen atoms in total. The molecule has 31 heavy (non-hydrogen) atoms. The number of benzene rings is 1. The summed E-state index contributed by atoms with van der Waals surface area (Å²) >= 11 is 0. The Morgan fingerprint density at radius 2 is 1.74 bits per heavy atom. The molecule has 0 bridgehead atoms. The normalized spacial score (nSPS) is 10.5. The fourth-order valence-electron chi connectivity index (χ4n) is 2.82. The van der Waals surface area contributed by atoms with Crippen molar-refractivity contribution in [3.05, 3.63) is 30.0 Å². The average molecular weight is 431 g/mol. The van der Waals surface area contributed by atoms with Crippen LogP contribution in [-0.2, 0) is 16.0 Å². The number of hydrogen-bond acceptors (Lipinski definition) is 8. The maximum absolute atomic E-state index is 12.1. The Bertz CT molecular complexity index is 890. The van der Waals surface area contributed by atoms with Gasteiger partial charge < -0.3 is 31.4 Å². The molecule has 0 radical (unpaired) electrons. The third kappa shape index (κ3) is 8.00. The van der Waals surface area contributed by atoms with Crippen LogP contribution in [0.4, 0.5) is 17.5 Å². The summed E-state index contributed by atoms with van der Waals surface area (Å²) in [6.45, 7) is 2.64. The Labute approximate surface area is 181 Å². The Morgan fingerprint density at radius 1 is 1.03 bits per heavy atom. The molecular weight excluding hydrogens is 402 g/mol. The van der Waals surface area contributed by atoms with Gasteiger partial charge in [0.05, 0.1) is 24.6 Å². The van der Waals surface area contributed by atoms with Gasteiger partial charge in [0.15, 0.2) is 11.6 Å². The molecule has 168 valence electrons. The molecule has 0 aliphatic carbocycles. The fraction of sp³-hybridized carbons (Fsp3) is 0.429. The smallest absolute Gasteiger partial charge is 0.303 e. The number of rotatable bonds is 13. The highest BCUT2D eigenvalue weighted by Gasteiger charge is 2.12. The highest BCUT2D eigenvalue weighted by Crippen LogP contribution is 2.26. The largest absolute Gasteiger partial charge is 0.491 e. The van der Waals surface area contributed by atoms with Crippen LogP contribution in [0, 0.1) is 0 Å². The minimum atomic E-state index is -0.861. The fourth-order valence-corrected chi connectivity index (χ4v) is 2.82. The van der Waals surface area contributed by atoms with Crippen molar-refractivity contribution >= 4 is 29.3 Å². The first-order valence-corrected chi connectivity index (χ1v) is 10.2. The third-order valence-corrected chi connectivity index (χ3v) is 4.31. The van der Waals surface area contributed by atoms with E-state index in [0.29, 0.717) is 61.8 Å². The van der Waals surface area contributed by atoms with Gasteiger partial charge in [-0.15, -0.1) is 0 Å². The summed E-state index contributed by atoms with van der Waals surface area (Å²) in [6, 6.07) is 7.13. The van der Waals surface area contributed by atoms with Gasteiger partial charge in [0, 0.05) is 19.3 Å². The number of carboxylic acid groups (broad SMARTS) is 1. The van der Waals surface area contributed by atoms with Crippen LogP contribution in [-0.4, -0.2) is 40.2 Å². The lowest BCUT2D eigenvalue weighted by Gasteiger charge is -2.14. The number of unbranched alkanes of at least 4 members (excludes halogenated alkanes) is 1. The molecule has 1 aromatic heterocycles. The molecule has 10 heteroatoms. The van der Waals surface area contributed by atoms with Gasteiger partial charge in [0.2, 0.25) is 11.9 Å². The van der Waals surface area contributed by atoms with E-state index >= 15 is 0 Å². The van der Waals surface area contributed by atoms with Gasteiger partial charge in [-0.2, -0.15) is 4.98 Å². The second-order valence-corrected chi connectivity index (χ2v) is 6.79. The summed E-state index contributed by atoms with van der Waals surface area (Å²) in [5.74, 6) is 0.266. The van der Waals surface area contributed by atoms with E-state index in [9.17, 15) is 9.59 Å². The number of carbonyl (C=O) groups excluding carboxylic acids is 1. The zero-order valence-corrected chi connectivity index (χ0v) is 17.6. The molecule has 0 atom stereocenters. The number of aryl methyl sites for hydroxylation is 1. The number of nitrogens with two attached hydrogens (primary N) is 2. The molecule has 0 saturated carbocycles. The van der Waals surface area contributed by atoms with Gasteiger partial charge >= 0.3 is 5.97 Å². The monoisotopic (exact) mass is 431 g/mol. The number of amides is 1. The molecule has 2 rings (SSSR count). The van der Waals surface area contributed by atoms with Crippen LogP contribution in [0.15, 0.2) is 24.3 Å². The van der Waals surface area contributed by atoms with Crippen LogP contribution < -0.4 is 26.3 Å². The van der Waals surface area contributed by atoms with Crippen LogP contribution in [0.5, 0.6) is 11.5 Å². The standard InChI is InChI=1S/C21H29N5O5/c1-2-14-19(20(22)26-21(23)25-14)31-13-7-12-30-16-9-4-3-8-15(16)24-17(27)10-5-6-11-18(28)29/h3-4,8-9H,2,5-7,10-13H2,1H3,(H,24,27)(H,28,29)(H4,22,23,25,26). The van der Waals surface area contributed by atoms with Crippen LogP contribution in [0.1, 0.15) is 44.7 Å². The van der Waals surface area contributed by atoms with E-state index in [0.717, 1.165) is 0 Å². The lowest BCUT2D eigenvalue weighted by Crippen LogP contribution is -2.13. The summed E-state index contributed by atoms with van der Waals surface area (Å²) in [6.07, 6.45) is 2.47. The highest BCUT2D eigenvalue weighted by atomic mass is 16.5. The van der Waals surface area contributed by atoms with E-state index in [1.54, 1.807) is 18.2 Å². The van der Waals surface area contributed by atoms with Crippen molar-refractivity contribution in [3.63, 3.8) is 0 Å². The Balaban J connectivity index is 1.79. The molecule has 6 N–H and O–H groups in total. The topological polar surface area (TPSA) is 163 Å². The summed E-state index contributed by atoms with van der Waals surface area (Å²) < 4.78 is 11.5. The zero-order chi connectivity index (χ0) is 22.6. The Morgan fingerprint density at radius 3 is 2.48 bits per heavy atom. The molecule has 1 amide bonds. The van der Waals surface area contributed by atoms with Crippen molar-refractivity contribution in [1.29, 1.82) is 0 Å². The van der Waals surface area contributed by atoms with Crippen molar-refractivity contribution in [3.8, 4) is 11.5 Å². The van der Waals surface area contributed by atoms with Gasteiger partial charge in [-0.25, -0.2) is 4.98 Å². The molecule has 0 saturated heterocycles. The maximum Gasteiger partial charge on any atom is 0.303 e. The van der Waals surface area contributed by atoms with E-state index < -0.39 is 5.97 Å². The van der Waals surface area contributed by atoms with Crippen molar-refractivity contribution in [2.45, 2.75) is 45.4 Å². The Hall–Kier alpha value is -3.56. The number of nitrogens with zero attached hydrogens (tertiary/aromatic N) is 2. The first-order chi connectivity index (χ1) is 14.9. The van der Waals surface area contributed by atoms with E-state index in [4.69, 9.17) is 26.0 Å². The van der Waals surface area contributed by atoms with E-state index in [-0.39, 0.29) is 30.5 Å². The van der Waals surface area contributed by atoms with Crippen molar-refractivity contribution in [1.82, 2.24) is 9.97 Å². The first kappa shape index (κ1) is 23.7. The lowest BCUT2D eigenvalue weighted by molar-refractivity contribution is -0.137. The predicted octanol–water partition coefficient (Wildman–Crippen LogP) is 2.63. The molecule has 0 spiro atoms. The first-order valence-electron chi connectivity index (χ1n) is 10.2. The summed E-state index contributed by atoms with van der Waals surface area (Å²) in [7, 11) is 0. The minimum absolute atomic E-state index is 0.0585. The number of ether oxygens (including phenoxy) is 2. The molecule has 0 fully saturated rings. The van der Waals surface area contributed by atoms with Crippen LogP contribution >= 0.6 is 0 Å². The summed E-state index contributed by atoms with van der Waals surface area (Å²) in [5, 5.41) is 11.4. The van der Waals surface area contributed by atoms with E-state index in [2.05, 4.69) is 15.3 Å². The summed E-state index contributed by atoms with van der Waals surface area (Å²) in [4.78, 5) is 30.7. The van der Waals surface area contributed by atoms with Gasteiger partial charge in [-0.3, -0.25) is 9.59 Å². The number of para-hydroxylation sites is 2. The predicted molar refractivity (Wildman–Crippen MR) is 117 cm³/mol. The van der Waals surface area contributed by atoms with Gasteiger partial charge in [0.1, 0.15) is 5.75 Å². The third-order valence-electron chi connectivity index (χ3n) is 4.31. The lowest BCUT2D eigenvalue weighted by atomic mass is 10.2. The number of anilines is 3. The van der Waals surface area contributed by atoms with Crippen molar-refractivity contribution < 1.29 is 24.2 Å². The average Bonchev–Trinajstić information content (AvgIpc) is 2.73. The quantitative estimate of drug-likeness (QED) is 0.349. The van der Waals surface area contributed by atoms with Gasteiger partial charge in [0.25, 0.3) is 0 Å². The van der Waals surface area contributed by atoms with E-state index in [1.807, 2.05) is 13.0 Å². The molecule has 1 heterocycles. The number of nitrogen functional groups attached to an aromatic ring is 2.